The van der Waals surface area contributed by atoms with Gasteiger partial charge in [0, 0.05) is 25.6 Å². The van der Waals surface area contributed by atoms with Gasteiger partial charge in [-0.3, -0.25) is 14.2 Å². The third kappa shape index (κ3) is 3.96. The molecule has 0 saturated carbocycles. The Morgan fingerprint density at radius 2 is 2.07 bits per heavy atom. The Bertz CT molecular complexity index is 1050. The largest absolute Gasteiger partial charge is 0.454 e. The molecule has 1 aliphatic carbocycles. The van der Waals surface area contributed by atoms with E-state index in [0.29, 0.717) is 28.9 Å². The Hall–Kier alpha value is -2.61. The van der Waals surface area contributed by atoms with Gasteiger partial charge in [0.1, 0.15) is 0 Å². The van der Waals surface area contributed by atoms with E-state index >= 15 is 0 Å². The number of fused-ring (bicyclic) bond motifs is 2. The van der Waals surface area contributed by atoms with Gasteiger partial charge in [-0.15, -0.1) is 0 Å². The summed E-state index contributed by atoms with van der Waals surface area (Å²) in [5.74, 6) is 1.04. The van der Waals surface area contributed by atoms with Crippen molar-refractivity contribution in [2.45, 2.75) is 45.1 Å². The summed E-state index contributed by atoms with van der Waals surface area (Å²) in [6, 6.07) is 3.37. The topological polar surface area (TPSA) is 85.4 Å². The average Bonchev–Trinajstić information content (AvgIpc) is 3.15. The number of allylic oxidation sites excluding steroid dienone is 1. The van der Waals surface area contributed by atoms with E-state index < -0.39 is 0 Å². The number of hydrogen-bond donors (Lipinski definition) is 2. The van der Waals surface area contributed by atoms with Crippen LogP contribution in [0.3, 0.4) is 0 Å². The molecule has 0 unspecified atom stereocenters. The van der Waals surface area contributed by atoms with Gasteiger partial charge in [-0.1, -0.05) is 11.6 Å². The van der Waals surface area contributed by atoms with Crippen molar-refractivity contribution < 1.29 is 14.3 Å². The number of aromatic amines is 1. The standard InChI is InChI=1S/C20H23N3O4S/c24-18(21-8-6-13-4-2-1-3-5-13)7-9-23-19(25)14-10-16-17(27-12-26-16)11-15(14)22-20(23)28/h4,10-11H,1-3,5-9,12H2,(H,21,24)(H,22,28). The van der Waals surface area contributed by atoms with Crippen LogP contribution in [0.25, 0.3) is 10.9 Å². The van der Waals surface area contributed by atoms with Gasteiger partial charge in [0.25, 0.3) is 5.56 Å². The second kappa shape index (κ2) is 8.18. The molecular weight excluding hydrogens is 378 g/mol. The van der Waals surface area contributed by atoms with E-state index in [1.54, 1.807) is 12.1 Å². The van der Waals surface area contributed by atoms with Crippen molar-refractivity contribution in [1.82, 2.24) is 14.9 Å². The molecule has 8 heteroatoms. The summed E-state index contributed by atoms with van der Waals surface area (Å²) in [5, 5.41) is 3.40. The van der Waals surface area contributed by atoms with Crippen LogP contribution in [0.2, 0.25) is 0 Å². The molecule has 2 aromatic rings. The number of nitrogens with zero attached hydrogens (tertiary/aromatic N) is 1. The summed E-state index contributed by atoms with van der Waals surface area (Å²) in [5.41, 5.74) is 1.79. The maximum Gasteiger partial charge on any atom is 0.262 e. The van der Waals surface area contributed by atoms with Crippen LogP contribution in [-0.2, 0) is 11.3 Å². The zero-order chi connectivity index (χ0) is 19.5. The van der Waals surface area contributed by atoms with Crippen LogP contribution in [0.4, 0.5) is 0 Å². The molecule has 0 radical (unpaired) electrons. The van der Waals surface area contributed by atoms with Gasteiger partial charge < -0.3 is 19.8 Å². The lowest BCUT2D eigenvalue weighted by Crippen LogP contribution is -2.29. The van der Waals surface area contributed by atoms with Crippen molar-refractivity contribution in [1.29, 1.82) is 0 Å². The molecule has 0 bridgehead atoms. The molecule has 2 aliphatic rings. The Balaban J connectivity index is 1.41. The van der Waals surface area contributed by atoms with Gasteiger partial charge in [0.15, 0.2) is 16.3 Å². The highest BCUT2D eigenvalue weighted by Gasteiger charge is 2.17. The smallest absolute Gasteiger partial charge is 0.262 e. The number of aromatic nitrogens is 2. The number of ether oxygens (including phenoxy) is 2. The number of nitrogens with one attached hydrogen (secondary N) is 2. The second-order valence-electron chi connectivity index (χ2n) is 7.10. The third-order valence-electron chi connectivity index (χ3n) is 5.19. The van der Waals surface area contributed by atoms with Crippen LogP contribution in [0.1, 0.15) is 38.5 Å². The van der Waals surface area contributed by atoms with Gasteiger partial charge >= 0.3 is 0 Å². The highest BCUT2D eigenvalue weighted by Crippen LogP contribution is 2.34. The molecule has 0 saturated heterocycles. The number of rotatable bonds is 6. The van der Waals surface area contributed by atoms with E-state index in [0.717, 1.165) is 19.3 Å². The molecule has 2 heterocycles. The normalized spacial score (nSPS) is 15.5. The van der Waals surface area contributed by atoms with Gasteiger partial charge in [-0.2, -0.15) is 0 Å². The summed E-state index contributed by atoms with van der Waals surface area (Å²) < 4.78 is 12.4. The number of benzene rings is 1. The fourth-order valence-corrected chi connectivity index (χ4v) is 3.93. The van der Waals surface area contributed by atoms with Gasteiger partial charge in [0.2, 0.25) is 12.7 Å². The molecule has 1 aromatic carbocycles. The molecule has 1 aromatic heterocycles. The Labute approximate surface area is 167 Å². The molecule has 1 amide bonds. The SMILES string of the molecule is O=C(CCn1c(=S)[nH]c2cc3c(cc2c1=O)OCO3)NCCC1=CCCCC1. The van der Waals surface area contributed by atoms with Crippen LogP contribution in [0.5, 0.6) is 11.5 Å². The number of carbonyl (C=O) groups excluding carboxylic acids is 1. The highest BCUT2D eigenvalue weighted by molar-refractivity contribution is 7.71. The monoisotopic (exact) mass is 401 g/mol. The predicted molar refractivity (Wildman–Crippen MR) is 108 cm³/mol. The van der Waals surface area contributed by atoms with Crippen molar-refractivity contribution in [3.63, 3.8) is 0 Å². The summed E-state index contributed by atoms with van der Waals surface area (Å²) in [7, 11) is 0. The van der Waals surface area contributed by atoms with E-state index in [-0.39, 0.29) is 36.0 Å². The Morgan fingerprint density at radius 3 is 2.86 bits per heavy atom. The minimum atomic E-state index is -0.239. The molecule has 2 N–H and O–H groups in total. The van der Waals surface area contributed by atoms with Crippen LogP contribution < -0.4 is 20.3 Å². The van der Waals surface area contributed by atoms with Crippen molar-refractivity contribution in [3.8, 4) is 11.5 Å². The second-order valence-corrected chi connectivity index (χ2v) is 7.48. The van der Waals surface area contributed by atoms with Crippen LogP contribution in [0.15, 0.2) is 28.6 Å². The summed E-state index contributed by atoms with van der Waals surface area (Å²) in [6.45, 7) is 0.998. The number of H-pyrrole nitrogens is 1. The molecule has 0 spiro atoms. The minimum absolute atomic E-state index is 0.0801. The van der Waals surface area contributed by atoms with Gasteiger partial charge in [-0.25, -0.2) is 0 Å². The molecule has 4 rings (SSSR count). The van der Waals surface area contributed by atoms with Crippen LogP contribution in [0, 0.1) is 4.77 Å². The fourth-order valence-electron chi connectivity index (χ4n) is 3.64. The first-order chi connectivity index (χ1) is 13.6. The maximum absolute atomic E-state index is 12.8. The Morgan fingerprint density at radius 1 is 1.25 bits per heavy atom. The van der Waals surface area contributed by atoms with Crippen LogP contribution >= 0.6 is 12.2 Å². The lowest BCUT2D eigenvalue weighted by Gasteiger charge is -2.13. The lowest BCUT2D eigenvalue weighted by molar-refractivity contribution is -0.121. The number of amides is 1. The molecule has 28 heavy (non-hydrogen) atoms. The zero-order valence-electron chi connectivity index (χ0n) is 15.6. The van der Waals surface area contributed by atoms with Gasteiger partial charge in [0.05, 0.1) is 10.9 Å². The average molecular weight is 401 g/mol. The molecule has 0 atom stereocenters. The first kappa shape index (κ1) is 18.7. The van der Waals surface area contributed by atoms with Crippen molar-refractivity contribution in [3.05, 3.63) is 38.9 Å². The molecular formula is C20H23N3O4S. The third-order valence-corrected chi connectivity index (χ3v) is 5.51. The number of hydrogen-bond acceptors (Lipinski definition) is 5. The first-order valence-corrected chi connectivity index (χ1v) is 10.0. The number of carbonyl (C=O) groups is 1. The quantitative estimate of drug-likeness (QED) is 0.574. The van der Waals surface area contributed by atoms with Gasteiger partial charge in [-0.05, 0) is 50.4 Å². The zero-order valence-corrected chi connectivity index (χ0v) is 16.4. The predicted octanol–water partition coefficient (Wildman–Crippen LogP) is 3.18. The van der Waals surface area contributed by atoms with Crippen LogP contribution in [-0.4, -0.2) is 28.8 Å². The summed E-state index contributed by atoms with van der Waals surface area (Å²) in [6.07, 6.45) is 8.17. The summed E-state index contributed by atoms with van der Waals surface area (Å²) in [4.78, 5) is 28.0. The minimum Gasteiger partial charge on any atom is -0.454 e. The highest BCUT2D eigenvalue weighted by atomic mass is 32.1. The van der Waals surface area contributed by atoms with E-state index in [1.807, 2.05) is 0 Å². The maximum atomic E-state index is 12.8. The van der Waals surface area contributed by atoms with E-state index in [4.69, 9.17) is 21.7 Å². The van der Waals surface area contributed by atoms with E-state index in [9.17, 15) is 9.59 Å². The summed E-state index contributed by atoms with van der Waals surface area (Å²) >= 11 is 5.32. The fraction of sp³-hybridized carbons (Fsp3) is 0.450. The Kier molecular flexibility index (Phi) is 5.47. The molecule has 0 fully saturated rings. The molecule has 148 valence electrons. The van der Waals surface area contributed by atoms with E-state index in [1.165, 1.54) is 23.0 Å². The van der Waals surface area contributed by atoms with Crippen molar-refractivity contribution in [2.75, 3.05) is 13.3 Å². The lowest BCUT2D eigenvalue weighted by atomic mass is 9.97. The van der Waals surface area contributed by atoms with Crippen molar-refractivity contribution in [2.24, 2.45) is 0 Å². The van der Waals surface area contributed by atoms with E-state index in [2.05, 4.69) is 16.4 Å². The molecule has 1 aliphatic heterocycles. The first-order valence-electron chi connectivity index (χ1n) is 9.63. The molecule has 7 nitrogen and oxygen atoms in total. The van der Waals surface area contributed by atoms with Crippen molar-refractivity contribution >= 4 is 29.0 Å².